The molecule has 1 heterocycles. The van der Waals surface area contributed by atoms with Gasteiger partial charge in [-0.1, -0.05) is 36.4 Å². The van der Waals surface area contributed by atoms with Gasteiger partial charge in [0.25, 0.3) is 0 Å². The fourth-order valence-electron chi connectivity index (χ4n) is 2.32. The summed E-state index contributed by atoms with van der Waals surface area (Å²) >= 11 is 0. The minimum absolute atomic E-state index is 0.474. The number of fused-ring (bicyclic) bond motifs is 2. The maximum atomic E-state index is 12.3. The van der Waals surface area contributed by atoms with Gasteiger partial charge in [0.1, 0.15) is 17.4 Å². The molecule has 0 unspecified atom stereocenters. The van der Waals surface area contributed by atoms with Gasteiger partial charge in [0, 0.05) is 11.1 Å². The van der Waals surface area contributed by atoms with Gasteiger partial charge in [-0.05, 0) is 12.1 Å². The van der Waals surface area contributed by atoms with Crippen molar-refractivity contribution in [1.82, 2.24) is 0 Å². The van der Waals surface area contributed by atoms with Crippen LogP contribution < -0.4 is 4.74 Å². The van der Waals surface area contributed by atoms with E-state index in [0.717, 1.165) is 0 Å². The SMILES string of the molecule is O=C(OC(F)F)C1c2ccccc2Oc2ccccc21. The van der Waals surface area contributed by atoms with E-state index in [1.165, 1.54) is 0 Å². The van der Waals surface area contributed by atoms with Gasteiger partial charge in [-0.25, -0.2) is 0 Å². The lowest BCUT2D eigenvalue weighted by molar-refractivity contribution is -0.177. The Hall–Kier alpha value is -2.43. The first-order chi connectivity index (χ1) is 9.66. The van der Waals surface area contributed by atoms with Crippen molar-refractivity contribution < 1.29 is 23.0 Å². The van der Waals surface area contributed by atoms with Crippen LogP contribution in [0.1, 0.15) is 17.0 Å². The highest BCUT2D eigenvalue weighted by Crippen LogP contribution is 2.44. The Morgan fingerprint density at radius 1 is 1.00 bits per heavy atom. The van der Waals surface area contributed by atoms with Crippen molar-refractivity contribution in [1.29, 1.82) is 0 Å². The van der Waals surface area contributed by atoms with Crippen molar-refractivity contribution in [2.75, 3.05) is 0 Å². The van der Waals surface area contributed by atoms with Crippen molar-refractivity contribution >= 4 is 5.97 Å². The van der Waals surface area contributed by atoms with Crippen LogP contribution in [0.2, 0.25) is 0 Å². The highest BCUT2D eigenvalue weighted by molar-refractivity contribution is 5.85. The Bertz CT molecular complexity index is 610. The predicted octanol–water partition coefficient (Wildman–Crippen LogP) is 3.69. The number of carbonyl (C=O) groups excluding carboxylic acids is 1. The van der Waals surface area contributed by atoms with Crippen LogP contribution in [0.4, 0.5) is 8.78 Å². The van der Waals surface area contributed by atoms with Crippen LogP contribution in [0.3, 0.4) is 0 Å². The van der Waals surface area contributed by atoms with Crippen LogP contribution in [-0.2, 0) is 9.53 Å². The molecule has 0 spiro atoms. The number of carbonyl (C=O) groups is 1. The molecule has 102 valence electrons. The lowest BCUT2D eigenvalue weighted by atomic mass is 9.88. The van der Waals surface area contributed by atoms with Crippen LogP contribution in [0.25, 0.3) is 0 Å². The molecule has 0 amide bonds. The topological polar surface area (TPSA) is 35.5 Å². The highest BCUT2D eigenvalue weighted by atomic mass is 19.3. The number of alkyl halides is 2. The third kappa shape index (κ3) is 2.11. The Labute approximate surface area is 113 Å². The van der Waals surface area contributed by atoms with Gasteiger partial charge in [-0.2, -0.15) is 8.78 Å². The molecule has 3 nitrogen and oxygen atoms in total. The zero-order chi connectivity index (χ0) is 14.1. The van der Waals surface area contributed by atoms with E-state index in [-0.39, 0.29) is 0 Å². The van der Waals surface area contributed by atoms with E-state index in [1.54, 1.807) is 48.5 Å². The Kier molecular flexibility index (Phi) is 3.10. The Morgan fingerprint density at radius 3 is 2.00 bits per heavy atom. The summed E-state index contributed by atoms with van der Waals surface area (Å²) in [6.45, 7) is -3.13. The van der Waals surface area contributed by atoms with Gasteiger partial charge in [0.05, 0.1) is 0 Å². The first-order valence-corrected chi connectivity index (χ1v) is 6.01. The van der Waals surface area contributed by atoms with E-state index < -0.39 is 18.5 Å². The number of rotatable bonds is 2. The summed E-state index contributed by atoms with van der Waals surface area (Å²) in [4.78, 5) is 12.0. The molecule has 0 bridgehead atoms. The van der Waals surface area contributed by atoms with Crippen molar-refractivity contribution in [3.05, 3.63) is 59.7 Å². The minimum Gasteiger partial charge on any atom is -0.457 e. The molecule has 2 aromatic carbocycles. The van der Waals surface area contributed by atoms with Crippen LogP contribution >= 0.6 is 0 Å². The first-order valence-electron chi connectivity index (χ1n) is 6.01. The summed E-state index contributed by atoms with van der Waals surface area (Å²) in [5.41, 5.74) is 1.05. The summed E-state index contributed by atoms with van der Waals surface area (Å²) in [6, 6.07) is 13.7. The number of benzene rings is 2. The molecule has 0 atom stereocenters. The standard InChI is InChI=1S/C15H10F2O3/c16-15(17)20-14(18)13-9-5-1-3-7-11(9)19-12-8-4-2-6-10(12)13/h1-8,13,15H. The van der Waals surface area contributed by atoms with E-state index in [1.807, 2.05) is 0 Å². The fourth-order valence-corrected chi connectivity index (χ4v) is 2.32. The Morgan fingerprint density at radius 2 is 1.50 bits per heavy atom. The van der Waals surface area contributed by atoms with E-state index in [9.17, 15) is 13.6 Å². The van der Waals surface area contributed by atoms with Crippen LogP contribution in [-0.4, -0.2) is 12.6 Å². The van der Waals surface area contributed by atoms with Crippen LogP contribution in [0.15, 0.2) is 48.5 Å². The molecule has 3 rings (SSSR count). The first kappa shape index (κ1) is 12.6. The van der Waals surface area contributed by atoms with Gasteiger partial charge in [-0.15, -0.1) is 0 Å². The molecule has 0 fully saturated rings. The molecule has 0 N–H and O–H groups in total. The fraction of sp³-hybridized carbons (Fsp3) is 0.133. The molecular weight excluding hydrogens is 266 g/mol. The second-order valence-electron chi connectivity index (χ2n) is 4.31. The van der Waals surface area contributed by atoms with Crippen molar-refractivity contribution in [2.45, 2.75) is 12.5 Å². The summed E-state index contributed by atoms with van der Waals surface area (Å²) in [6.07, 6.45) is 0. The maximum absolute atomic E-state index is 12.3. The second kappa shape index (κ2) is 4.92. The summed E-state index contributed by atoms with van der Waals surface area (Å²) in [7, 11) is 0. The monoisotopic (exact) mass is 276 g/mol. The molecule has 0 saturated heterocycles. The van der Waals surface area contributed by atoms with Crippen molar-refractivity contribution in [3.63, 3.8) is 0 Å². The van der Waals surface area contributed by atoms with E-state index in [0.29, 0.717) is 22.6 Å². The normalized spacial score (nSPS) is 13.3. The third-order valence-corrected chi connectivity index (χ3v) is 3.12. The predicted molar refractivity (Wildman–Crippen MR) is 66.9 cm³/mol. The lowest BCUT2D eigenvalue weighted by Crippen LogP contribution is -2.22. The summed E-state index contributed by atoms with van der Waals surface area (Å²) in [5.74, 6) is -0.932. The van der Waals surface area contributed by atoms with Crippen LogP contribution in [0.5, 0.6) is 11.5 Å². The highest BCUT2D eigenvalue weighted by Gasteiger charge is 2.34. The number of para-hydroxylation sites is 2. The average Bonchev–Trinajstić information content (AvgIpc) is 2.43. The smallest absolute Gasteiger partial charge is 0.389 e. The molecule has 0 saturated carbocycles. The molecule has 5 heteroatoms. The molecule has 1 aliphatic rings. The third-order valence-electron chi connectivity index (χ3n) is 3.12. The van der Waals surface area contributed by atoms with Gasteiger partial charge in [0.15, 0.2) is 0 Å². The molecule has 1 aliphatic heterocycles. The second-order valence-corrected chi connectivity index (χ2v) is 4.31. The van der Waals surface area contributed by atoms with Crippen molar-refractivity contribution in [2.24, 2.45) is 0 Å². The van der Waals surface area contributed by atoms with Gasteiger partial charge >= 0.3 is 12.6 Å². The molecule has 0 radical (unpaired) electrons. The Balaban J connectivity index is 2.10. The maximum Gasteiger partial charge on any atom is 0.389 e. The number of esters is 1. The quantitative estimate of drug-likeness (QED) is 0.785. The minimum atomic E-state index is -3.13. The van der Waals surface area contributed by atoms with Gasteiger partial charge < -0.3 is 9.47 Å². The van der Waals surface area contributed by atoms with Crippen LogP contribution in [0, 0.1) is 0 Å². The number of hydrogen-bond acceptors (Lipinski definition) is 3. The van der Waals surface area contributed by atoms with Crippen molar-refractivity contribution in [3.8, 4) is 11.5 Å². The van der Waals surface area contributed by atoms with Gasteiger partial charge in [-0.3, -0.25) is 4.79 Å². The number of hydrogen-bond donors (Lipinski definition) is 0. The molecule has 0 aromatic heterocycles. The summed E-state index contributed by atoms with van der Waals surface area (Å²) in [5, 5.41) is 0. The zero-order valence-corrected chi connectivity index (χ0v) is 10.3. The number of halogens is 2. The molecule has 2 aromatic rings. The zero-order valence-electron chi connectivity index (χ0n) is 10.3. The molecule has 0 aliphatic carbocycles. The lowest BCUT2D eigenvalue weighted by Gasteiger charge is -2.26. The van der Waals surface area contributed by atoms with E-state index in [4.69, 9.17) is 4.74 Å². The van der Waals surface area contributed by atoms with Gasteiger partial charge in [0.2, 0.25) is 0 Å². The van der Waals surface area contributed by atoms with E-state index in [2.05, 4.69) is 4.74 Å². The molecular formula is C15H10F2O3. The molecule has 20 heavy (non-hydrogen) atoms. The van der Waals surface area contributed by atoms with E-state index >= 15 is 0 Å². The summed E-state index contributed by atoms with van der Waals surface area (Å²) < 4.78 is 34.4. The average molecular weight is 276 g/mol. The number of ether oxygens (including phenoxy) is 2. The largest absolute Gasteiger partial charge is 0.457 e.